The highest BCUT2D eigenvalue weighted by atomic mass is 32.2. The lowest BCUT2D eigenvalue weighted by Crippen LogP contribution is -2.30. The lowest BCUT2D eigenvalue weighted by molar-refractivity contribution is -0.119. The molecule has 0 aliphatic carbocycles. The third kappa shape index (κ3) is 5.10. The van der Waals surface area contributed by atoms with Crippen LogP contribution < -0.4 is 15.4 Å². The molecule has 2 N–H and O–H groups in total. The van der Waals surface area contributed by atoms with Crippen LogP contribution in [0.2, 0.25) is 0 Å². The summed E-state index contributed by atoms with van der Waals surface area (Å²) in [6, 6.07) is 11.4. The number of rotatable bonds is 9. The Bertz CT molecular complexity index is 906. The number of aryl methyl sites for hydroxylation is 1. The fraction of sp³-hybridized carbons (Fsp3) is 0.250. The van der Waals surface area contributed by atoms with Crippen LogP contribution in [0.5, 0.6) is 5.75 Å². The molecule has 0 spiro atoms. The molecule has 0 radical (unpaired) electrons. The highest BCUT2D eigenvalue weighted by Gasteiger charge is 2.24. The number of sulfone groups is 1. The van der Waals surface area contributed by atoms with Gasteiger partial charge in [0.15, 0.2) is 5.75 Å². The van der Waals surface area contributed by atoms with Crippen molar-refractivity contribution in [3.8, 4) is 5.75 Å². The average molecular weight is 388 g/mol. The summed E-state index contributed by atoms with van der Waals surface area (Å²) in [7, 11) is -3.76. The summed E-state index contributed by atoms with van der Waals surface area (Å²) in [5.74, 6) is -0.0266. The van der Waals surface area contributed by atoms with E-state index in [1.807, 2.05) is 6.92 Å². The summed E-state index contributed by atoms with van der Waals surface area (Å²) in [6.07, 6.45) is 1.58. The Kier molecular flexibility index (Phi) is 7.01. The van der Waals surface area contributed by atoms with Crippen LogP contribution in [-0.4, -0.2) is 34.0 Å². The highest BCUT2D eigenvalue weighted by Crippen LogP contribution is 2.35. The van der Waals surface area contributed by atoms with Crippen LogP contribution in [-0.2, 0) is 14.6 Å². The second kappa shape index (κ2) is 9.23. The predicted molar refractivity (Wildman–Crippen MR) is 106 cm³/mol. The van der Waals surface area contributed by atoms with Crippen LogP contribution in [0.4, 0.5) is 5.69 Å². The zero-order valence-electron chi connectivity index (χ0n) is 15.5. The number of ether oxygens (including phenoxy) is 1. The smallest absolute Gasteiger partial charge is 0.239 e. The maximum absolute atomic E-state index is 13.1. The molecule has 2 rings (SSSR count). The van der Waals surface area contributed by atoms with E-state index in [1.54, 1.807) is 49.4 Å². The van der Waals surface area contributed by atoms with Crippen molar-refractivity contribution < 1.29 is 17.9 Å². The van der Waals surface area contributed by atoms with Crippen molar-refractivity contribution in [2.24, 2.45) is 0 Å². The number of nitrogens with one attached hydrogen (secondary N) is 2. The number of carbonyl (C=O) groups excluding carboxylic acids is 1. The molecule has 2 aromatic rings. The van der Waals surface area contributed by atoms with Crippen LogP contribution in [0.3, 0.4) is 0 Å². The molecule has 0 heterocycles. The Morgan fingerprint density at radius 3 is 2.52 bits per heavy atom. The third-order valence-corrected chi connectivity index (χ3v) is 5.56. The van der Waals surface area contributed by atoms with E-state index in [4.69, 9.17) is 4.74 Å². The highest BCUT2D eigenvalue weighted by molar-refractivity contribution is 7.91. The van der Waals surface area contributed by atoms with E-state index in [-0.39, 0.29) is 34.6 Å². The Hall–Kier alpha value is -2.80. The minimum Gasteiger partial charge on any atom is -0.490 e. The van der Waals surface area contributed by atoms with Crippen LogP contribution in [0.1, 0.15) is 12.5 Å². The van der Waals surface area contributed by atoms with Crippen molar-refractivity contribution in [1.29, 1.82) is 0 Å². The van der Waals surface area contributed by atoms with Gasteiger partial charge in [0, 0.05) is 6.54 Å². The molecule has 27 heavy (non-hydrogen) atoms. The summed E-state index contributed by atoms with van der Waals surface area (Å²) in [4.78, 5) is 12.0. The molecule has 0 aliphatic heterocycles. The first-order valence-electron chi connectivity index (χ1n) is 8.59. The lowest BCUT2D eigenvalue weighted by Gasteiger charge is -2.16. The SMILES string of the molecule is C=CCNC(=O)CNc1cccc(S(=O)(=O)c2ccc(C)cc2)c1OCC. The molecular weight excluding hydrogens is 364 g/mol. The molecule has 0 fully saturated rings. The van der Waals surface area contributed by atoms with Crippen molar-refractivity contribution in [3.63, 3.8) is 0 Å². The first-order valence-corrected chi connectivity index (χ1v) is 10.1. The third-order valence-electron chi connectivity index (χ3n) is 3.77. The second-order valence-electron chi connectivity index (χ2n) is 5.83. The predicted octanol–water partition coefficient (Wildman–Crippen LogP) is 2.94. The van der Waals surface area contributed by atoms with Crippen molar-refractivity contribution in [2.75, 3.05) is 25.0 Å². The molecule has 2 aromatic carbocycles. The standard InChI is InChI=1S/C20H24N2O4S/c1-4-13-21-19(23)14-22-17-7-6-8-18(20(17)26-5-2)27(24,25)16-11-9-15(3)10-12-16/h4,6-12,22H,1,5,13-14H2,2-3H3,(H,21,23). The van der Waals surface area contributed by atoms with E-state index in [1.165, 1.54) is 6.07 Å². The molecule has 0 saturated carbocycles. The van der Waals surface area contributed by atoms with Gasteiger partial charge in [-0.05, 0) is 38.1 Å². The maximum atomic E-state index is 13.1. The molecule has 0 unspecified atom stereocenters. The monoisotopic (exact) mass is 388 g/mol. The summed E-state index contributed by atoms with van der Waals surface area (Å²) in [5.41, 5.74) is 1.42. The normalized spacial score (nSPS) is 10.9. The van der Waals surface area contributed by atoms with Gasteiger partial charge in [-0.1, -0.05) is 29.8 Å². The van der Waals surface area contributed by atoms with E-state index >= 15 is 0 Å². The number of carbonyl (C=O) groups is 1. The molecule has 0 aliphatic rings. The fourth-order valence-electron chi connectivity index (χ4n) is 2.43. The summed E-state index contributed by atoms with van der Waals surface area (Å²) in [5, 5.41) is 5.60. The van der Waals surface area contributed by atoms with E-state index in [0.717, 1.165) is 5.56 Å². The van der Waals surface area contributed by atoms with Crippen molar-refractivity contribution in [2.45, 2.75) is 23.6 Å². The molecule has 0 bridgehead atoms. The van der Waals surface area contributed by atoms with Crippen LogP contribution in [0.25, 0.3) is 0 Å². The van der Waals surface area contributed by atoms with Gasteiger partial charge in [-0.3, -0.25) is 4.79 Å². The van der Waals surface area contributed by atoms with Gasteiger partial charge in [0.1, 0.15) is 4.90 Å². The molecule has 6 nitrogen and oxygen atoms in total. The van der Waals surface area contributed by atoms with E-state index in [0.29, 0.717) is 12.2 Å². The van der Waals surface area contributed by atoms with Gasteiger partial charge >= 0.3 is 0 Å². The first kappa shape index (κ1) is 20.5. The number of amides is 1. The zero-order chi connectivity index (χ0) is 19.9. The van der Waals surface area contributed by atoms with Crippen molar-refractivity contribution >= 4 is 21.4 Å². The van der Waals surface area contributed by atoms with E-state index < -0.39 is 9.84 Å². The topological polar surface area (TPSA) is 84.5 Å². The molecule has 0 atom stereocenters. The zero-order valence-corrected chi connectivity index (χ0v) is 16.3. The molecule has 0 saturated heterocycles. The average Bonchev–Trinajstić information content (AvgIpc) is 2.65. The van der Waals surface area contributed by atoms with E-state index in [2.05, 4.69) is 17.2 Å². The van der Waals surface area contributed by atoms with Gasteiger partial charge in [0.2, 0.25) is 15.7 Å². The Morgan fingerprint density at radius 2 is 1.89 bits per heavy atom. The Labute approximate surface area is 160 Å². The molecule has 1 amide bonds. The molecule has 144 valence electrons. The number of benzene rings is 2. The number of anilines is 1. The van der Waals surface area contributed by atoms with Crippen LogP contribution >= 0.6 is 0 Å². The quantitative estimate of drug-likeness (QED) is 0.645. The fourth-order valence-corrected chi connectivity index (χ4v) is 3.85. The Morgan fingerprint density at radius 1 is 1.19 bits per heavy atom. The maximum Gasteiger partial charge on any atom is 0.239 e. The lowest BCUT2D eigenvalue weighted by atomic mass is 10.2. The van der Waals surface area contributed by atoms with Crippen molar-refractivity contribution in [3.05, 3.63) is 60.7 Å². The van der Waals surface area contributed by atoms with E-state index in [9.17, 15) is 13.2 Å². The molecular formula is C20H24N2O4S. The summed E-state index contributed by atoms with van der Waals surface area (Å²) < 4.78 is 31.8. The largest absolute Gasteiger partial charge is 0.490 e. The number of hydrogen-bond acceptors (Lipinski definition) is 5. The van der Waals surface area contributed by atoms with Crippen LogP contribution in [0.15, 0.2) is 64.9 Å². The number of hydrogen-bond donors (Lipinski definition) is 2. The van der Waals surface area contributed by atoms with Gasteiger partial charge in [0.25, 0.3) is 0 Å². The van der Waals surface area contributed by atoms with Gasteiger partial charge in [-0.15, -0.1) is 6.58 Å². The van der Waals surface area contributed by atoms with Crippen LogP contribution in [0, 0.1) is 6.92 Å². The van der Waals surface area contributed by atoms with Crippen molar-refractivity contribution in [1.82, 2.24) is 5.32 Å². The number of para-hydroxylation sites is 1. The Balaban J connectivity index is 2.37. The molecule has 7 heteroatoms. The summed E-state index contributed by atoms with van der Waals surface area (Å²) in [6.45, 7) is 7.85. The van der Waals surface area contributed by atoms with Gasteiger partial charge in [-0.25, -0.2) is 8.42 Å². The first-order chi connectivity index (χ1) is 12.9. The van der Waals surface area contributed by atoms with Gasteiger partial charge < -0.3 is 15.4 Å². The van der Waals surface area contributed by atoms with Gasteiger partial charge in [-0.2, -0.15) is 0 Å². The summed E-state index contributed by atoms with van der Waals surface area (Å²) >= 11 is 0. The second-order valence-corrected chi connectivity index (χ2v) is 7.75. The minimum atomic E-state index is -3.76. The minimum absolute atomic E-state index is 0.0120. The molecule has 0 aromatic heterocycles. The van der Waals surface area contributed by atoms with Gasteiger partial charge in [0.05, 0.1) is 23.7 Å².